The van der Waals surface area contributed by atoms with Crippen LogP contribution in [0.1, 0.15) is 30.6 Å². The predicted molar refractivity (Wildman–Crippen MR) is 88.4 cm³/mol. The standard InChI is InChI=1S/C18H21N3O/c1-18(2)9-11-21(12-18)17(22)14-8-10-20-16(15(14)19)13-6-4-3-5-7-13/h3-8,10H,9,11-12,19H2,1-2H3. The zero-order valence-electron chi connectivity index (χ0n) is 13.0. The van der Waals surface area contributed by atoms with Gasteiger partial charge in [0.25, 0.3) is 5.91 Å². The van der Waals surface area contributed by atoms with Gasteiger partial charge in [-0.25, -0.2) is 0 Å². The smallest absolute Gasteiger partial charge is 0.256 e. The number of anilines is 1. The van der Waals surface area contributed by atoms with Gasteiger partial charge in [0.05, 0.1) is 16.9 Å². The first-order valence-corrected chi connectivity index (χ1v) is 7.57. The maximum atomic E-state index is 12.8. The first-order valence-electron chi connectivity index (χ1n) is 7.57. The number of hydrogen-bond donors (Lipinski definition) is 1. The van der Waals surface area contributed by atoms with Gasteiger partial charge in [-0.3, -0.25) is 9.78 Å². The van der Waals surface area contributed by atoms with E-state index in [0.29, 0.717) is 16.9 Å². The molecule has 0 atom stereocenters. The summed E-state index contributed by atoms with van der Waals surface area (Å²) in [7, 11) is 0. The van der Waals surface area contributed by atoms with Crippen LogP contribution in [0.5, 0.6) is 0 Å². The monoisotopic (exact) mass is 295 g/mol. The maximum Gasteiger partial charge on any atom is 0.256 e. The molecule has 2 aromatic rings. The summed E-state index contributed by atoms with van der Waals surface area (Å²) in [5.74, 6) is 0.00246. The van der Waals surface area contributed by atoms with Gasteiger partial charge in [0.2, 0.25) is 0 Å². The average molecular weight is 295 g/mol. The molecule has 0 aliphatic carbocycles. The van der Waals surface area contributed by atoms with E-state index < -0.39 is 0 Å². The minimum Gasteiger partial charge on any atom is -0.396 e. The molecule has 1 fully saturated rings. The molecule has 1 aromatic heterocycles. The number of benzene rings is 1. The molecule has 1 aliphatic heterocycles. The second kappa shape index (κ2) is 5.44. The maximum absolute atomic E-state index is 12.8. The molecule has 0 spiro atoms. The number of amides is 1. The number of carbonyl (C=O) groups excluding carboxylic acids is 1. The number of hydrogen-bond acceptors (Lipinski definition) is 3. The van der Waals surface area contributed by atoms with Crippen molar-refractivity contribution in [1.82, 2.24) is 9.88 Å². The first-order chi connectivity index (χ1) is 10.5. The van der Waals surface area contributed by atoms with E-state index in [1.165, 1.54) is 0 Å². The van der Waals surface area contributed by atoms with E-state index in [4.69, 9.17) is 5.73 Å². The quantitative estimate of drug-likeness (QED) is 0.925. The number of nitrogen functional groups attached to an aromatic ring is 1. The Morgan fingerprint density at radius 2 is 1.95 bits per heavy atom. The molecule has 1 amide bonds. The van der Waals surface area contributed by atoms with Crippen LogP contribution in [0, 0.1) is 5.41 Å². The van der Waals surface area contributed by atoms with E-state index >= 15 is 0 Å². The lowest BCUT2D eigenvalue weighted by molar-refractivity contribution is 0.0779. The molecule has 0 saturated carbocycles. The van der Waals surface area contributed by atoms with Gasteiger partial charge in [-0.2, -0.15) is 0 Å². The summed E-state index contributed by atoms with van der Waals surface area (Å²) >= 11 is 0. The second-order valence-corrected chi connectivity index (χ2v) is 6.63. The molecule has 3 rings (SSSR count). The van der Waals surface area contributed by atoms with E-state index in [9.17, 15) is 4.79 Å². The van der Waals surface area contributed by atoms with Crippen LogP contribution in [0.25, 0.3) is 11.3 Å². The predicted octanol–water partition coefficient (Wildman–Crippen LogP) is 3.20. The van der Waals surface area contributed by atoms with E-state index in [2.05, 4.69) is 18.8 Å². The summed E-state index contributed by atoms with van der Waals surface area (Å²) in [6.07, 6.45) is 2.68. The van der Waals surface area contributed by atoms with Crippen LogP contribution in [0.4, 0.5) is 5.69 Å². The Morgan fingerprint density at radius 3 is 2.59 bits per heavy atom. The Hall–Kier alpha value is -2.36. The van der Waals surface area contributed by atoms with Crippen molar-refractivity contribution in [3.63, 3.8) is 0 Å². The summed E-state index contributed by atoms with van der Waals surface area (Å²) < 4.78 is 0. The van der Waals surface area contributed by atoms with Crippen LogP contribution < -0.4 is 5.73 Å². The van der Waals surface area contributed by atoms with Gasteiger partial charge in [-0.05, 0) is 17.9 Å². The van der Waals surface area contributed by atoms with E-state index in [1.54, 1.807) is 12.3 Å². The molecule has 2 N–H and O–H groups in total. The lowest BCUT2D eigenvalue weighted by atomic mass is 9.93. The van der Waals surface area contributed by atoms with Crippen molar-refractivity contribution in [3.8, 4) is 11.3 Å². The van der Waals surface area contributed by atoms with E-state index in [-0.39, 0.29) is 11.3 Å². The molecule has 0 unspecified atom stereocenters. The lowest BCUT2D eigenvalue weighted by Crippen LogP contribution is -2.31. The molecule has 0 radical (unpaired) electrons. The highest BCUT2D eigenvalue weighted by atomic mass is 16.2. The van der Waals surface area contributed by atoms with Gasteiger partial charge in [0, 0.05) is 24.8 Å². The van der Waals surface area contributed by atoms with Crippen LogP contribution in [0.2, 0.25) is 0 Å². The van der Waals surface area contributed by atoms with Crippen molar-refractivity contribution >= 4 is 11.6 Å². The minimum absolute atomic E-state index is 0.00246. The van der Waals surface area contributed by atoms with Gasteiger partial charge in [-0.1, -0.05) is 44.2 Å². The molecule has 0 bridgehead atoms. The number of nitrogens with two attached hydrogens (primary N) is 1. The Kier molecular flexibility index (Phi) is 3.61. The fraction of sp³-hybridized carbons (Fsp3) is 0.333. The molecule has 4 nitrogen and oxygen atoms in total. The summed E-state index contributed by atoms with van der Waals surface area (Å²) in [5, 5.41) is 0. The van der Waals surface area contributed by atoms with Gasteiger partial charge in [0.1, 0.15) is 0 Å². The number of likely N-dealkylation sites (tertiary alicyclic amines) is 1. The van der Waals surface area contributed by atoms with Crippen molar-refractivity contribution in [1.29, 1.82) is 0 Å². The number of pyridine rings is 1. The van der Waals surface area contributed by atoms with Crippen molar-refractivity contribution < 1.29 is 4.79 Å². The molecule has 114 valence electrons. The lowest BCUT2D eigenvalue weighted by Gasteiger charge is -2.21. The molecule has 2 heterocycles. The van der Waals surface area contributed by atoms with Crippen molar-refractivity contribution in [2.45, 2.75) is 20.3 Å². The van der Waals surface area contributed by atoms with Gasteiger partial charge >= 0.3 is 0 Å². The third kappa shape index (κ3) is 2.69. The Balaban J connectivity index is 1.94. The number of rotatable bonds is 2. The molecule has 1 aliphatic rings. The number of carbonyl (C=O) groups is 1. The summed E-state index contributed by atoms with van der Waals surface area (Å²) in [6, 6.07) is 11.4. The molecular weight excluding hydrogens is 274 g/mol. The van der Waals surface area contributed by atoms with Crippen LogP contribution in [-0.2, 0) is 0 Å². The summed E-state index contributed by atoms with van der Waals surface area (Å²) in [5.41, 5.74) is 9.03. The fourth-order valence-corrected chi connectivity index (χ4v) is 2.94. The largest absolute Gasteiger partial charge is 0.396 e. The van der Waals surface area contributed by atoms with Crippen molar-refractivity contribution in [2.24, 2.45) is 5.41 Å². The molecular formula is C18H21N3O. The number of nitrogens with zero attached hydrogens (tertiary/aromatic N) is 2. The highest BCUT2D eigenvalue weighted by Crippen LogP contribution is 2.32. The van der Waals surface area contributed by atoms with Crippen molar-refractivity contribution in [3.05, 3.63) is 48.2 Å². The van der Waals surface area contributed by atoms with Crippen LogP contribution >= 0.6 is 0 Å². The van der Waals surface area contributed by atoms with E-state index in [1.807, 2.05) is 35.2 Å². The minimum atomic E-state index is 0.00246. The van der Waals surface area contributed by atoms with E-state index in [0.717, 1.165) is 25.1 Å². The highest BCUT2D eigenvalue weighted by Gasteiger charge is 2.33. The molecule has 1 aromatic carbocycles. The van der Waals surface area contributed by atoms with Crippen LogP contribution in [-0.4, -0.2) is 28.9 Å². The summed E-state index contributed by atoms with van der Waals surface area (Å²) in [4.78, 5) is 19.0. The zero-order valence-corrected chi connectivity index (χ0v) is 13.0. The topological polar surface area (TPSA) is 59.2 Å². The van der Waals surface area contributed by atoms with Crippen LogP contribution in [0.15, 0.2) is 42.6 Å². The van der Waals surface area contributed by atoms with Gasteiger partial charge < -0.3 is 10.6 Å². The molecule has 22 heavy (non-hydrogen) atoms. The Labute approximate surface area is 131 Å². The first kappa shape index (κ1) is 14.6. The Morgan fingerprint density at radius 1 is 1.23 bits per heavy atom. The zero-order chi connectivity index (χ0) is 15.7. The molecule has 1 saturated heterocycles. The fourth-order valence-electron chi connectivity index (χ4n) is 2.94. The summed E-state index contributed by atoms with van der Waals surface area (Å²) in [6.45, 7) is 5.93. The highest BCUT2D eigenvalue weighted by molar-refractivity contribution is 6.01. The van der Waals surface area contributed by atoms with Crippen LogP contribution in [0.3, 0.4) is 0 Å². The third-order valence-corrected chi connectivity index (χ3v) is 4.23. The Bertz CT molecular complexity index is 695. The van der Waals surface area contributed by atoms with Gasteiger partial charge in [0.15, 0.2) is 0 Å². The second-order valence-electron chi connectivity index (χ2n) is 6.63. The average Bonchev–Trinajstić information content (AvgIpc) is 2.88. The molecule has 4 heteroatoms. The SMILES string of the molecule is CC1(C)CCN(C(=O)c2ccnc(-c3ccccc3)c2N)C1. The third-order valence-electron chi connectivity index (χ3n) is 4.23. The van der Waals surface area contributed by atoms with Crippen molar-refractivity contribution in [2.75, 3.05) is 18.8 Å². The van der Waals surface area contributed by atoms with Gasteiger partial charge in [-0.15, -0.1) is 0 Å². The normalized spacial score (nSPS) is 16.7. The number of aromatic nitrogens is 1.